The van der Waals surface area contributed by atoms with Crippen LogP contribution in [-0.2, 0) is 21.3 Å². The largest absolute Gasteiger partial charge is 0.383 e. The highest BCUT2D eigenvalue weighted by Gasteiger charge is 2.28. The average Bonchev–Trinajstić information content (AvgIpc) is 2.38. The molecule has 2 N–H and O–H groups in total. The lowest BCUT2D eigenvalue weighted by Gasteiger charge is -2.26. The summed E-state index contributed by atoms with van der Waals surface area (Å²) in [4.78, 5) is 0.324. The molecule has 0 spiro atoms. The number of nitrogens with zero attached hydrogens (tertiary/aromatic N) is 1. The SMILES string of the molecule is COCCN(C(C)C)S(=O)(=O)c1cccc(CN)c1C. The highest BCUT2D eigenvalue weighted by Crippen LogP contribution is 2.23. The van der Waals surface area contributed by atoms with E-state index in [0.29, 0.717) is 24.6 Å². The van der Waals surface area contributed by atoms with Crippen LogP contribution in [0, 0.1) is 6.92 Å². The van der Waals surface area contributed by atoms with E-state index in [-0.39, 0.29) is 6.04 Å². The summed E-state index contributed by atoms with van der Waals surface area (Å²) in [6.07, 6.45) is 0. The van der Waals surface area contributed by atoms with Crippen molar-refractivity contribution in [3.63, 3.8) is 0 Å². The van der Waals surface area contributed by atoms with Gasteiger partial charge in [-0.05, 0) is 38.0 Å². The number of hydrogen-bond donors (Lipinski definition) is 1. The van der Waals surface area contributed by atoms with Gasteiger partial charge in [-0.2, -0.15) is 4.31 Å². The second kappa shape index (κ2) is 7.17. The third-order valence-electron chi connectivity index (χ3n) is 3.29. The molecule has 0 bridgehead atoms. The van der Waals surface area contributed by atoms with Gasteiger partial charge in [0.1, 0.15) is 0 Å². The topological polar surface area (TPSA) is 72.6 Å². The highest BCUT2D eigenvalue weighted by molar-refractivity contribution is 7.89. The molecule has 0 aromatic heterocycles. The summed E-state index contributed by atoms with van der Waals surface area (Å²) in [5, 5.41) is 0. The first-order valence-corrected chi connectivity index (χ1v) is 8.09. The number of sulfonamides is 1. The quantitative estimate of drug-likeness (QED) is 0.828. The molecule has 114 valence electrons. The lowest BCUT2D eigenvalue weighted by atomic mass is 10.1. The number of nitrogens with two attached hydrogens (primary N) is 1. The molecule has 5 nitrogen and oxygen atoms in total. The predicted molar refractivity (Wildman–Crippen MR) is 80.0 cm³/mol. The number of methoxy groups -OCH3 is 1. The maximum Gasteiger partial charge on any atom is 0.243 e. The standard InChI is InChI=1S/C14H24N2O3S/c1-11(2)16(8-9-19-4)20(17,18)14-7-5-6-13(10-15)12(14)3/h5-7,11H,8-10,15H2,1-4H3. The Hall–Kier alpha value is -0.950. The molecule has 1 aromatic carbocycles. The van der Waals surface area contributed by atoms with E-state index in [4.69, 9.17) is 10.5 Å². The summed E-state index contributed by atoms with van der Waals surface area (Å²) in [5.74, 6) is 0. The van der Waals surface area contributed by atoms with Crippen molar-refractivity contribution in [1.82, 2.24) is 4.31 Å². The molecule has 0 amide bonds. The van der Waals surface area contributed by atoms with Gasteiger partial charge in [0.25, 0.3) is 0 Å². The molecule has 0 saturated heterocycles. The normalized spacial score (nSPS) is 12.3. The van der Waals surface area contributed by atoms with Crippen molar-refractivity contribution in [1.29, 1.82) is 0 Å². The summed E-state index contributed by atoms with van der Waals surface area (Å²) in [5.41, 5.74) is 7.22. The Morgan fingerprint density at radius 3 is 2.50 bits per heavy atom. The van der Waals surface area contributed by atoms with Crippen molar-refractivity contribution in [3.05, 3.63) is 29.3 Å². The molecule has 0 aliphatic carbocycles. The molecule has 6 heteroatoms. The summed E-state index contributed by atoms with van der Waals surface area (Å²) < 4.78 is 32.1. The van der Waals surface area contributed by atoms with E-state index < -0.39 is 10.0 Å². The van der Waals surface area contributed by atoms with Gasteiger partial charge < -0.3 is 10.5 Å². The van der Waals surface area contributed by atoms with Crippen LogP contribution in [0.25, 0.3) is 0 Å². The first-order valence-electron chi connectivity index (χ1n) is 6.65. The maximum atomic E-state index is 12.8. The van der Waals surface area contributed by atoms with Crippen LogP contribution in [0.4, 0.5) is 0 Å². The second-order valence-electron chi connectivity index (χ2n) is 4.95. The first kappa shape index (κ1) is 17.1. The van der Waals surface area contributed by atoms with Gasteiger partial charge in [-0.3, -0.25) is 0 Å². The zero-order chi connectivity index (χ0) is 15.3. The van der Waals surface area contributed by atoms with Gasteiger partial charge in [0.05, 0.1) is 11.5 Å². The van der Waals surface area contributed by atoms with E-state index in [9.17, 15) is 8.42 Å². The van der Waals surface area contributed by atoms with E-state index in [1.165, 1.54) is 4.31 Å². The van der Waals surface area contributed by atoms with E-state index >= 15 is 0 Å². The van der Waals surface area contributed by atoms with Crippen molar-refractivity contribution < 1.29 is 13.2 Å². The smallest absolute Gasteiger partial charge is 0.243 e. The fourth-order valence-electron chi connectivity index (χ4n) is 2.12. The Morgan fingerprint density at radius 1 is 1.35 bits per heavy atom. The average molecular weight is 300 g/mol. The number of hydrogen-bond acceptors (Lipinski definition) is 4. The van der Waals surface area contributed by atoms with E-state index in [1.807, 2.05) is 19.9 Å². The van der Waals surface area contributed by atoms with Gasteiger partial charge in [0.15, 0.2) is 0 Å². The fraction of sp³-hybridized carbons (Fsp3) is 0.571. The van der Waals surface area contributed by atoms with E-state index in [0.717, 1.165) is 11.1 Å². The minimum absolute atomic E-state index is 0.129. The zero-order valence-corrected chi connectivity index (χ0v) is 13.4. The van der Waals surface area contributed by atoms with Crippen LogP contribution in [0.5, 0.6) is 0 Å². The molecule has 1 rings (SSSR count). The maximum absolute atomic E-state index is 12.8. The van der Waals surface area contributed by atoms with Crippen LogP contribution in [0.3, 0.4) is 0 Å². The molecule has 0 unspecified atom stereocenters. The fourth-order valence-corrected chi connectivity index (χ4v) is 4.02. The molecule has 0 aliphatic rings. The van der Waals surface area contributed by atoms with Gasteiger partial charge in [-0.15, -0.1) is 0 Å². The molecule has 1 aromatic rings. The van der Waals surface area contributed by atoms with Crippen LogP contribution in [0.1, 0.15) is 25.0 Å². The molecule has 0 saturated carbocycles. The van der Waals surface area contributed by atoms with Crippen molar-refractivity contribution in [2.45, 2.75) is 38.3 Å². The van der Waals surface area contributed by atoms with Crippen molar-refractivity contribution in [3.8, 4) is 0 Å². The summed E-state index contributed by atoms with van der Waals surface area (Å²) in [6.45, 7) is 6.54. The highest BCUT2D eigenvalue weighted by atomic mass is 32.2. The Morgan fingerprint density at radius 2 is 2.00 bits per heavy atom. The van der Waals surface area contributed by atoms with Crippen molar-refractivity contribution >= 4 is 10.0 Å². The molecule has 0 radical (unpaired) electrons. The van der Waals surface area contributed by atoms with Crippen LogP contribution < -0.4 is 5.73 Å². The monoisotopic (exact) mass is 300 g/mol. The van der Waals surface area contributed by atoms with Gasteiger partial charge in [-0.25, -0.2) is 8.42 Å². The molecule has 20 heavy (non-hydrogen) atoms. The van der Waals surface area contributed by atoms with Crippen LogP contribution in [0.2, 0.25) is 0 Å². The molecule has 0 fully saturated rings. The second-order valence-corrected chi connectivity index (χ2v) is 6.81. The van der Waals surface area contributed by atoms with Gasteiger partial charge >= 0.3 is 0 Å². The van der Waals surface area contributed by atoms with Crippen molar-refractivity contribution in [2.24, 2.45) is 5.73 Å². The van der Waals surface area contributed by atoms with E-state index in [1.54, 1.807) is 26.2 Å². The third-order valence-corrected chi connectivity index (χ3v) is 5.51. The Labute approximate surface area is 121 Å². The van der Waals surface area contributed by atoms with Crippen LogP contribution in [0.15, 0.2) is 23.1 Å². The summed E-state index contributed by atoms with van der Waals surface area (Å²) >= 11 is 0. The number of ether oxygens (including phenoxy) is 1. The van der Waals surface area contributed by atoms with Gasteiger partial charge in [0, 0.05) is 26.2 Å². The van der Waals surface area contributed by atoms with Crippen LogP contribution >= 0.6 is 0 Å². The predicted octanol–water partition coefficient (Wildman–Crippen LogP) is 1.50. The Kier molecular flexibility index (Phi) is 6.13. The molecular formula is C14H24N2O3S. The van der Waals surface area contributed by atoms with Gasteiger partial charge in [-0.1, -0.05) is 12.1 Å². The summed E-state index contributed by atoms with van der Waals surface area (Å²) in [6, 6.07) is 5.09. The molecule has 0 heterocycles. The molecule has 0 atom stereocenters. The van der Waals surface area contributed by atoms with Crippen molar-refractivity contribution in [2.75, 3.05) is 20.3 Å². The Bertz CT molecular complexity index is 541. The summed E-state index contributed by atoms with van der Waals surface area (Å²) in [7, 11) is -1.98. The minimum Gasteiger partial charge on any atom is -0.383 e. The lowest BCUT2D eigenvalue weighted by Crippen LogP contribution is -2.39. The lowest BCUT2D eigenvalue weighted by molar-refractivity contribution is 0.171. The molecule has 0 aliphatic heterocycles. The molecular weight excluding hydrogens is 276 g/mol. The number of benzene rings is 1. The van der Waals surface area contributed by atoms with Crippen LogP contribution in [-0.4, -0.2) is 39.0 Å². The van der Waals surface area contributed by atoms with Gasteiger partial charge in [0.2, 0.25) is 10.0 Å². The zero-order valence-electron chi connectivity index (χ0n) is 12.6. The first-order chi connectivity index (χ1) is 9.36. The minimum atomic E-state index is -3.54. The van der Waals surface area contributed by atoms with E-state index in [2.05, 4.69) is 0 Å². The Balaban J connectivity index is 3.26. The third kappa shape index (κ3) is 3.58. The number of rotatable bonds is 7.